The van der Waals surface area contributed by atoms with Crippen LogP contribution in [0.2, 0.25) is 0 Å². The lowest BCUT2D eigenvalue weighted by molar-refractivity contribution is -0.113. The van der Waals surface area contributed by atoms with Gasteiger partial charge < -0.3 is 25.6 Å². The summed E-state index contributed by atoms with van der Waals surface area (Å²) in [5.41, 5.74) is 6.15. The third-order valence-electron chi connectivity index (χ3n) is 3.35. The average molecular weight is 352 g/mol. The molecule has 25 heavy (non-hydrogen) atoms. The zero-order valence-corrected chi connectivity index (χ0v) is 15.5. The number of hydrogen-bond acceptors (Lipinski definition) is 5. The van der Waals surface area contributed by atoms with Crippen molar-refractivity contribution in [2.75, 3.05) is 20.3 Å². The third kappa shape index (κ3) is 12.2. The molecule has 0 spiro atoms. The van der Waals surface area contributed by atoms with E-state index in [1.165, 1.54) is 12.3 Å². The lowest BCUT2D eigenvalue weighted by atomic mass is 10.1. The van der Waals surface area contributed by atoms with E-state index in [0.717, 1.165) is 5.56 Å². The Morgan fingerprint density at radius 3 is 2.56 bits per heavy atom. The molecule has 0 fully saturated rings. The first kappa shape index (κ1) is 23.1. The van der Waals surface area contributed by atoms with E-state index in [1.54, 1.807) is 7.11 Å². The zero-order valence-electron chi connectivity index (χ0n) is 15.5. The number of amides is 1. The van der Waals surface area contributed by atoms with E-state index in [4.69, 9.17) is 20.3 Å². The molecule has 4 N–H and O–H groups in total. The molecule has 6 heteroatoms. The number of carbonyl (C=O) groups excluding carboxylic acids is 1. The Balaban J connectivity index is 0.00000277. The molecule has 0 aliphatic heterocycles. The van der Waals surface area contributed by atoms with E-state index >= 15 is 0 Å². The topological polar surface area (TPSA) is 93.8 Å². The Hall–Kier alpha value is -1.89. The fourth-order valence-corrected chi connectivity index (χ4v) is 2.12. The second-order valence-electron chi connectivity index (χ2n) is 5.21. The minimum Gasteiger partial charge on any atom is -0.396 e. The quantitative estimate of drug-likeness (QED) is 0.500. The third-order valence-corrected chi connectivity index (χ3v) is 3.35. The molecule has 0 aliphatic rings. The summed E-state index contributed by atoms with van der Waals surface area (Å²) in [5.74, 6) is -0.519. The molecule has 0 saturated heterocycles. The van der Waals surface area contributed by atoms with Gasteiger partial charge in [-0.1, -0.05) is 44.2 Å². The zero-order chi connectivity index (χ0) is 18.9. The Kier molecular flexibility index (Phi) is 14.4. The van der Waals surface area contributed by atoms with Crippen molar-refractivity contribution in [3.63, 3.8) is 0 Å². The lowest BCUT2D eigenvalue weighted by Gasteiger charge is -2.22. The van der Waals surface area contributed by atoms with Crippen molar-refractivity contribution < 1.29 is 19.4 Å². The lowest BCUT2D eigenvalue weighted by Crippen LogP contribution is -2.33. The Morgan fingerprint density at radius 1 is 1.32 bits per heavy atom. The van der Waals surface area contributed by atoms with Crippen LogP contribution < -0.4 is 11.1 Å². The van der Waals surface area contributed by atoms with Gasteiger partial charge in [-0.25, -0.2) is 0 Å². The number of nitrogens with one attached hydrogen (secondary N) is 1. The van der Waals surface area contributed by atoms with Crippen LogP contribution in [0.15, 0.2) is 42.6 Å². The van der Waals surface area contributed by atoms with E-state index in [0.29, 0.717) is 26.1 Å². The van der Waals surface area contributed by atoms with Crippen LogP contribution in [0.25, 0.3) is 0 Å². The summed E-state index contributed by atoms with van der Waals surface area (Å²) in [5, 5.41) is 12.2. The van der Waals surface area contributed by atoms with Crippen LogP contribution in [0, 0.1) is 0 Å². The minimum atomic E-state index is -0.519. The standard InChI is InChI=1S/C17H26N2O4.C2H6/c1-22-16(13-23-12-14-5-3-2-4-6-14)11-15(8-10-20)19-9-7-17(18)21;1-2/h2-7,9,15-16,19-20H,8,10-13H2,1H3,(H2,18,21);1-2H3/b9-7-;. The van der Waals surface area contributed by atoms with Gasteiger partial charge in [-0.05, 0) is 18.4 Å². The summed E-state index contributed by atoms with van der Waals surface area (Å²) in [6, 6.07) is 9.89. The molecular formula is C19H32N2O4. The van der Waals surface area contributed by atoms with Crippen molar-refractivity contribution in [3.8, 4) is 0 Å². The van der Waals surface area contributed by atoms with Crippen LogP contribution >= 0.6 is 0 Å². The normalized spacial score (nSPS) is 13.0. The number of nitrogens with two attached hydrogens (primary N) is 1. The van der Waals surface area contributed by atoms with Crippen molar-refractivity contribution in [1.82, 2.24) is 5.32 Å². The number of aliphatic hydroxyl groups excluding tert-OH is 1. The molecule has 6 nitrogen and oxygen atoms in total. The molecule has 1 rings (SSSR count). The van der Waals surface area contributed by atoms with Crippen molar-refractivity contribution in [2.45, 2.75) is 45.4 Å². The van der Waals surface area contributed by atoms with E-state index < -0.39 is 5.91 Å². The molecule has 0 saturated carbocycles. The van der Waals surface area contributed by atoms with Gasteiger partial charge in [-0.15, -0.1) is 0 Å². The van der Waals surface area contributed by atoms with E-state index in [9.17, 15) is 4.79 Å². The molecule has 1 aromatic carbocycles. The van der Waals surface area contributed by atoms with Gasteiger partial charge in [0.25, 0.3) is 0 Å². The summed E-state index contributed by atoms with van der Waals surface area (Å²) in [4.78, 5) is 10.7. The van der Waals surface area contributed by atoms with Crippen LogP contribution in [0.4, 0.5) is 0 Å². The summed E-state index contributed by atoms with van der Waals surface area (Å²) >= 11 is 0. The highest BCUT2D eigenvalue weighted by molar-refractivity contribution is 5.85. The Labute approximate surface area is 151 Å². The van der Waals surface area contributed by atoms with Gasteiger partial charge in [-0.2, -0.15) is 0 Å². The number of carbonyl (C=O) groups is 1. The van der Waals surface area contributed by atoms with E-state index in [-0.39, 0.29) is 18.8 Å². The maximum Gasteiger partial charge on any atom is 0.242 e. The Morgan fingerprint density at radius 2 is 2.00 bits per heavy atom. The maximum atomic E-state index is 10.7. The summed E-state index contributed by atoms with van der Waals surface area (Å²) < 4.78 is 11.1. The molecule has 1 aromatic rings. The second kappa shape index (κ2) is 15.6. The number of hydrogen-bond donors (Lipinski definition) is 3. The van der Waals surface area contributed by atoms with Crippen molar-refractivity contribution in [1.29, 1.82) is 0 Å². The van der Waals surface area contributed by atoms with Gasteiger partial charge in [0.15, 0.2) is 0 Å². The maximum absolute atomic E-state index is 10.7. The van der Waals surface area contributed by atoms with E-state index in [2.05, 4.69) is 5.32 Å². The van der Waals surface area contributed by atoms with Gasteiger partial charge in [0.05, 0.1) is 19.3 Å². The van der Waals surface area contributed by atoms with Gasteiger partial charge in [0.1, 0.15) is 0 Å². The SMILES string of the molecule is CC.COC(COCc1ccccc1)CC(CCO)N/C=C\C(N)=O. The molecule has 1 amide bonds. The first-order valence-electron chi connectivity index (χ1n) is 8.63. The minimum absolute atomic E-state index is 0.0270. The molecule has 2 unspecified atom stereocenters. The second-order valence-corrected chi connectivity index (χ2v) is 5.21. The largest absolute Gasteiger partial charge is 0.396 e. The first-order valence-corrected chi connectivity index (χ1v) is 8.63. The smallest absolute Gasteiger partial charge is 0.242 e. The predicted molar refractivity (Wildman–Crippen MR) is 99.8 cm³/mol. The highest BCUT2D eigenvalue weighted by Crippen LogP contribution is 2.08. The molecule has 0 aliphatic carbocycles. The molecule has 0 aromatic heterocycles. The summed E-state index contributed by atoms with van der Waals surface area (Å²) in [6.07, 6.45) is 3.83. The first-order chi connectivity index (χ1) is 12.2. The number of aliphatic hydroxyl groups is 1. The van der Waals surface area contributed by atoms with Gasteiger partial charge in [0, 0.05) is 32.0 Å². The van der Waals surface area contributed by atoms with Crippen LogP contribution in [0.1, 0.15) is 32.3 Å². The number of benzene rings is 1. The highest BCUT2D eigenvalue weighted by atomic mass is 16.5. The van der Waals surface area contributed by atoms with Crippen molar-refractivity contribution in [2.24, 2.45) is 5.73 Å². The molecule has 2 atom stereocenters. The van der Waals surface area contributed by atoms with Gasteiger partial charge in [-0.3, -0.25) is 4.79 Å². The predicted octanol–water partition coefficient (Wildman–Crippen LogP) is 1.97. The number of ether oxygens (including phenoxy) is 2. The number of primary amides is 1. The van der Waals surface area contributed by atoms with Crippen LogP contribution in [-0.4, -0.2) is 43.5 Å². The van der Waals surface area contributed by atoms with E-state index in [1.807, 2.05) is 44.2 Å². The molecule has 142 valence electrons. The number of rotatable bonds is 12. The number of methoxy groups -OCH3 is 1. The van der Waals surface area contributed by atoms with Crippen LogP contribution in [0.3, 0.4) is 0 Å². The van der Waals surface area contributed by atoms with Gasteiger partial charge >= 0.3 is 0 Å². The summed E-state index contributed by atoms with van der Waals surface area (Å²) in [6.45, 7) is 5.03. The van der Waals surface area contributed by atoms with Crippen molar-refractivity contribution >= 4 is 5.91 Å². The summed E-state index contributed by atoms with van der Waals surface area (Å²) in [7, 11) is 1.63. The van der Waals surface area contributed by atoms with Crippen LogP contribution in [0.5, 0.6) is 0 Å². The molecule has 0 radical (unpaired) electrons. The fourth-order valence-electron chi connectivity index (χ4n) is 2.12. The fraction of sp³-hybridized carbons (Fsp3) is 0.526. The molecule has 0 bridgehead atoms. The molecule has 0 heterocycles. The highest BCUT2D eigenvalue weighted by Gasteiger charge is 2.15. The molecular weight excluding hydrogens is 320 g/mol. The monoisotopic (exact) mass is 352 g/mol. The average Bonchev–Trinajstić information content (AvgIpc) is 2.63. The van der Waals surface area contributed by atoms with Crippen molar-refractivity contribution in [3.05, 3.63) is 48.2 Å². The van der Waals surface area contributed by atoms with Gasteiger partial charge in [0.2, 0.25) is 5.91 Å². The van der Waals surface area contributed by atoms with Crippen LogP contribution in [-0.2, 0) is 20.9 Å². The Bertz CT molecular complexity index is 466.